The molecule has 1 aliphatic carbocycles. The van der Waals surface area contributed by atoms with Crippen LogP contribution >= 0.6 is 34.8 Å². The summed E-state index contributed by atoms with van der Waals surface area (Å²) in [7, 11) is 0. The van der Waals surface area contributed by atoms with Crippen LogP contribution in [0.3, 0.4) is 0 Å². The van der Waals surface area contributed by atoms with Gasteiger partial charge in [0.15, 0.2) is 0 Å². The van der Waals surface area contributed by atoms with Crippen LogP contribution in [-0.4, -0.2) is 43.0 Å². The van der Waals surface area contributed by atoms with E-state index in [1.807, 2.05) is 18.2 Å². The molecule has 1 amide bonds. The first-order valence-electron chi connectivity index (χ1n) is 11.6. The van der Waals surface area contributed by atoms with E-state index in [1.54, 1.807) is 6.07 Å². The third kappa shape index (κ3) is 5.89. The van der Waals surface area contributed by atoms with Gasteiger partial charge in [0.1, 0.15) is 0 Å². The van der Waals surface area contributed by atoms with Crippen molar-refractivity contribution in [2.45, 2.75) is 44.7 Å². The molecule has 33 heavy (non-hydrogen) atoms. The molecule has 3 N–H and O–H groups in total. The number of carbonyl (C=O) groups excluding carboxylic acids is 1. The van der Waals surface area contributed by atoms with Gasteiger partial charge < -0.3 is 16.0 Å². The van der Waals surface area contributed by atoms with Gasteiger partial charge in [0.2, 0.25) is 5.91 Å². The Kier molecular flexibility index (Phi) is 7.95. The highest BCUT2D eigenvalue weighted by atomic mass is 35.5. The number of rotatable bonds is 6. The third-order valence-corrected chi connectivity index (χ3v) is 7.89. The van der Waals surface area contributed by atoms with Crippen molar-refractivity contribution in [2.75, 3.05) is 36.4 Å². The summed E-state index contributed by atoms with van der Waals surface area (Å²) in [6.45, 7) is 5.91. The van der Waals surface area contributed by atoms with Crippen molar-refractivity contribution in [1.29, 1.82) is 0 Å². The Labute approximate surface area is 211 Å². The first kappa shape index (κ1) is 24.5. The lowest BCUT2D eigenvalue weighted by atomic mass is 9.84. The van der Waals surface area contributed by atoms with Gasteiger partial charge in [-0.05, 0) is 62.1 Å². The number of carbonyl (C=O) groups is 1. The van der Waals surface area contributed by atoms with E-state index in [2.05, 4.69) is 34.2 Å². The van der Waals surface area contributed by atoms with Gasteiger partial charge in [-0.2, -0.15) is 0 Å². The summed E-state index contributed by atoms with van der Waals surface area (Å²) in [5.74, 6) is -0.114. The lowest BCUT2D eigenvalue weighted by Gasteiger charge is -2.42. The van der Waals surface area contributed by atoms with Crippen molar-refractivity contribution in [1.82, 2.24) is 4.90 Å². The summed E-state index contributed by atoms with van der Waals surface area (Å²) in [5, 5.41) is 5.43. The Morgan fingerprint density at radius 1 is 1.03 bits per heavy atom. The minimum atomic E-state index is -0.145. The standard InChI is InChI=1S/C25H31Cl3N4O/c1-16(21-7-5-18(26)14-23(21)28)30-24-15-20(6-8-22(24)27)32-11-9-31(10-12-32)19-4-2-3-17(13-19)25(29)33/h5-8,14-17,19,30H,2-4,9-13H2,1H3,(H2,29,33)/t16?,17-,19?/m0/s1. The molecule has 4 rings (SSSR count). The molecular formula is C25H31Cl3N4O. The van der Waals surface area contributed by atoms with E-state index in [-0.39, 0.29) is 17.9 Å². The first-order valence-corrected chi connectivity index (χ1v) is 12.7. The molecule has 2 fully saturated rings. The number of anilines is 2. The van der Waals surface area contributed by atoms with Gasteiger partial charge in [-0.25, -0.2) is 0 Å². The van der Waals surface area contributed by atoms with Gasteiger partial charge >= 0.3 is 0 Å². The van der Waals surface area contributed by atoms with E-state index in [4.69, 9.17) is 40.5 Å². The Bertz CT molecular complexity index is 994. The highest BCUT2D eigenvalue weighted by Crippen LogP contribution is 2.34. The molecule has 8 heteroatoms. The van der Waals surface area contributed by atoms with E-state index in [9.17, 15) is 4.79 Å². The molecule has 0 bridgehead atoms. The van der Waals surface area contributed by atoms with Crippen molar-refractivity contribution in [2.24, 2.45) is 11.7 Å². The van der Waals surface area contributed by atoms with Crippen LogP contribution in [0.1, 0.15) is 44.2 Å². The molecule has 1 heterocycles. The SMILES string of the molecule is CC(Nc1cc(N2CCN(C3CCC[C@H](C(N)=O)C3)CC2)ccc1Cl)c1ccc(Cl)cc1Cl. The molecule has 2 aliphatic rings. The maximum atomic E-state index is 11.6. The minimum absolute atomic E-state index is 0.0242. The van der Waals surface area contributed by atoms with Crippen molar-refractivity contribution < 1.29 is 4.79 Å². The molecule has 0 aromatic heterocycles. The number of benzene rings is 2. The predicted octanol–water partition coefficient (Wildman–Crippen LogP) is 5.99. The van der Waals surface area contributed by atoms with Gasteiger partial charge in [-0.3, -0.25) is 9.69 Å². The van der Waals surface area contributed by atoms with Crippen molar-refractivity contribution in [3.05, 3.63) is 57.0 Å². The predicted molar refractivity (Wildman–Crippen MR) is 139 cm³/mol. The molecule has 2 aromatic carbocycles. The number of nitrogens with two attached hydrogens (primary N) is 1. The molecule has 0 radical (unpaired) electrons. The fourth-order valence-electron chi connectivity index (χ4n) is 5.08. The average Bonchev–Trinajstić information content (AvgIpc) is 2.80. The smallest absolute Gasteiger partial charge is 0.220 e. The summed E-state index contributed by atoms with van der Waals surface area (Å²) in [5.41, 5.74) is 8.57. The lowest BCUT2D eigenvalue weighted by molar-refractivity contribution is -0.123. The average molecular weight is 510 g/mol. The van der Waals surface area contributed by atoms with Gasteiger partial charge in [0, 0.05) is 53.9 Å². The molecule has 0 spiro atoms. The highest BCUT2D eigenvalue weighted by molar-refractivity contribution is 6.35. The summed E-state index contributed by atoms with van der Waals surface area (Å²) in [4.78, 5) is 16.6. The van der Waals surface area contributed by atoms with Gasteiger partial charge in [-0.15, -0.1) is 0 Å². The zero-order valence-electron chi connectivity index (χ0n) is 18.9. The van der Waals surface area contributed by atoms with E-state index >= 15 is 0 Å². The van der Waals surface area contributed by atoms with Crippen LogP contribution in [0.15, 0.2) is 36.4 Å². The molecule has 3 atom stereocenters. The number of nitrogens with one attached hydrogen (secondary N) is 1. The molecule has 5 nitrogen and oxygen atoms in total. The number of primary amides is 1. The van der Waals surface area contributed by atoms with Crippen LogP contribution in [0.2, 0.25) is 15.1 Å². The summed E-state index contributed by atoms with van der Waals surface area (Å²) in [6.07, 6.45) is 4.08. The van der Waals surface area contributed by atoms with E-state index in [0.29, 0.717) is 21.1 Å². The minimum Gasteiger partial charge on any atom is -0.377 e. The lowest BCUT2D eigenvalue weighted by Crippen LogP contribution is -2.52. The summed E-state index contributed by atoms with van der Waals surface area (Å²) in [6, 6.07) is 12.1. The molecule has 1 saturated carbocycles. The fourth-order valence-corrected chi connectivity index (χ4v) is 5.83. The van der Waals surface area contributed by atoms with Gasteiger partial charge in [-0.1, -0.05) is 47.3 Å². The van der Waals surface area contributed by atoms with Crippen LogP contribution in [0.5, 0.6) is 0 Å². The quantitative estimate of drug-likeness (QED) is 0.502. The topological polar surface area (TPSA) is 61.6 Å². The van der Waals surface area contributed by atoms with Crippen molar-refractivity contribution in [3.63, 3.8) is 0 Å². The Morgan fingerprint density at radius 3 is 2.48 bits per heavy atom. The number of nitrogens with zero attached hydrogens (tertiary/aromatic N) is 2. The van der Waals surface area contributed by atoms with Crippen molar-refractivity contribution in [3.8, 4) is 0 Å². The fraction of sp³-hybridized carbons (Fsp3) is 0.480. The second-order valence-electron chi connectivity index (χ2n) is 9.14. The first-order chi connectivity index (χ1) is 15.8. The second-order valence-corrected chi connectivity index (χ2v) is 10.4. The van der Waals surface area contributed by atoms with Crippen LogP contribution in [0.25, 0.3) is 0 Å². The highest BCUT2D eigenvalue weighted by Gasteiger charge is 2.31. The summed E-state index contributed by atoms with van der Waals surface area (Å²) >= 11 is 18.9. The van der Waals surface area contributed by atoms with Gasteiger partial charge in [0.05, 0.1) is 16.8 Å². The van der Waals surface area contributed by atoms with Crippen molar-refractivity contribution >= 4 is 52.1 Å². The molecule has 2 unspecified atom stereocenters. The second kappa shape index (κ2) is 10.7. The number of halogens is 3. The third-order valence-electron chi connectivity index (χ3n) is 7.00. The Hall–Kier alpha value is -1.66. The normalized spacial score (nSPS) is 22.7. The monoisotopic (exact) mass is 508 g/mol. The molecular weight excluding hydrogens is 479 g/mol. The molecule has 178 valence electrons. The molecule has 1 saturated heterocycles. The maximum absolute atomic E-state index is 11.6. The van der Waals surface area contributed by atoms with Gasteiger partial charge in [0.25, 0.3) is 0 Å². The molecule has 2 aromatic rings. The molecule has 1 aliphatic heterocycles. The maximum Gasteiger partial charge on any atom is 0.220 e. The van der Waals surface area contributed by atoms with Crippen LogP contribution in [0, 0.1) is 5.92 Å². The largest absolute Gasteiger partial charge is 0.377 e. The number of piperazine rings is 1. The van der Waals surface area contributed by atoms with Crippen LogP contribution < -0.4 is 16.0 Å². The number of amides is 1. The van der Waals surface area contributed by atoms with E-state index in [1.165, 1.54) is 0 Å². The number of hydrogen-bond donors (Lipinski definition) is 2. The Morgan fingerprint density at radius 2 is 1.79 bits per heavy atom. The van der Waals surface area contributed by atoms with E-state index in [0.717, 1.165) is 68.8 Å². The summed E-state index contributed by atoms with van der Waals surface area (Å²) < 4.78 is 0. The number of hydrogen-bond acceptors (Lipinski definition) is 4. The van der Waals surface area contributed by atoms with Crippen LogP contribution in [0.4, 0.5) is 11.4 Å². The zero-order chi connectivity index (χ0) is 23.5. The van der Waals surface area contributed by atoms with Crippen LogP contribution in [-0.2, 0) is 4.79 Å². The van der Waals surface area contributed by atoms with E-state index < -0.39 is 0 Å². The Balaban J connectivity index is 1.39. The zero-order valence-corrected chi connectivity index (χ0v) is 21.1.